The average molecular weight is 255 g/mol. The minimum absolute atomic E-state index is 0.00418. The van der Waals surface area contributed by atoms with Crippen LogP contribution < -0.4 is 0 Å². The van der Waals surface area contributed by atoms with E-state index < -0.39 is 0 Å². The van der Waals surface area contributed by atoms with E-state index in [1.807, 2.05) is 25.1 Å². The van der Waals surface area contributed by atoms with E-state index in [0.717, 1.165) is 16.7 Å². The highest BCUT2D eigenvalue weighted by Gasteiger charge is 2.08. The number of carbonyl (C=O) groups excluding carboxylic acids is 2. The van der Waals surface area contributed by atoms with Gasteiger partial charge in [-0.25, -0.2) is 0 Å². The molecular formula is C13H15ClO3. The predicted molar refractivity (Wildman–Crippen MR) is 66.3 cm³/mol. The zero-order chi connectivity index (χ0) is 12.8. The molecule has 1 aromatic carbocycles. The van der Waals surface area contributed by atoms with Crippen LogP contribution in [0.1, 0.15) is 16.7 Å². The molecule has 0 aliphatic carbocycles. The van der Waals surface area contributed by atoms with Crippen LogP contribution in [-0.4, -0.2) is 24.7 Å². The first-order valence-electron chi connectivity index (χ1n) is 5.29. The van der Waals surface area contributed by atoms with Gasteiger partial charge in [0.1, 0.15) is 0 Å². The number of Topliss-reactive ketones (excluding diaryl/α,β-unsaturated/α-hetero) is 1. The zero-order valence-electron chi connectivity index (χ0n) is 9.96. The van der Waals surface area contributed by atoms with E-state index >= 15 is 0 Å². The number of hydrogen-bond donors (Lipinski definition) is 0. The fourth-order valence-electron chi connectivity index (χ4n) is 1.56. The van der Waals surface area contributed by atoms with Gasteiger partial charge in [-0.3, -0.25) is 9.59 Å². The van der Waals surface area contributed by atoms with Crippen LogP contribution in [0, 0.1) is 6.92 Å². The van der Waals surface area contributed by atoms with Gasteiger partial charge in [-0.2, -0.15) is 0 Å². The summed E-state index contributed by atoms with van der Waals surface area (Å²) < 4.78 is 4.60. The molecule has 0 fully saturated rings. The highest BCUT2D eigenvalue weighted by Crippen LogP contribution is 2.13. The Morgan fingerprint density at radius 2 is 2.00 bits per heavy atom. The van der Waals surface area contributed by atoms with Crippen molar-refractivity contribution < 1.29 is 14.3 Å². The fraction of sp³-hybridized carbons (Fsp3) is 0.385. The van der Waals surface area contributed by atoms with Gasteiger partial charge in [0, 0.05) is 6.42 Å². The summed E-state index contributed by atoms with van der Waals surface area (Å²) in [5, 5.41) is 0. The highest BCUT2D eigenvalue weighted by molar-refractivity contribution is 6.27. The van der Waals surface area contributed by atoms with Crippen LogP contribution in [0.2, 0.25) is 0 Å². The smallest absolute Gasteiger partial charge is 0.309 e. The Bertz CT molecular complexity index is 427. The molecule has 0 heterocycles. The molecule has 0 aliphatic rings. The molecule has 0 saturated carbocycles. The van der Waals surface area contributed by atoms with Crippen LogP contribution in [0.4, 0.5) is 0 Å². The average Bonchev–Trinajstić information content (AvgIpc) is 2.32. The van der Waals surface area contributed by atoms with E-state index in [1.54, 1.807) is 0 Å². The number of rotatable bonds is 5. The number of halogens is 1. The Morgan fingerprint density at radius 3 is 2.53 bits per heavy atom. The summed E-state index contributed by atoms with van der Waals surface area (Å²) in [6.45, 7) is 1.91. The van der Waals surface area contributed by atoms with Crippen LogP contribution in [0.25, 0.3) is 0 Å². The van der Waals surface area contributed by atoms with Gasteiger partial charge in [-0.1, -0.05) is 18.2 Å². The summed E-state index contributed by atoms with van der Waals surface area (Å²) in [5.74, 6) is -0.243. The first-order valence-corrected chi connectivity index (χ1v) is 5.83. The molecule has 0 aliphatic heterocycles. The number of alkyl halides is 1. The van der Waals surface area contributed by atoms with Gasteiger partial charge in [0.2, 0.25) is 0 Å². The molecule has 0 aromatic heterocycles. The maximum atomic E-state index is 11.2. The molecule has 1 rings (SSSR count). The second kappa shape index (κ2) is 6.40. The maximum Gasteiger partial charge on any atom is 0.309 e. The summed E-state index contributed by atoms with van der Waals surface area (Å²) in [4.78, 5) is 22.3. The van der Waals surface area contributed by atoms with Gasteiger partial charge in [0.25, 0.3) is 0 Å². The molecule has 3 nitrogen and oxygen atoms in total. The molecule has 0 atom stereocenters. The summed E-state index contributed by atoms with van der Waals surface area (Å²) >= 11 is 5.46. The number of ketones is 1. The number of benzene rings is 1. The van der Waals surface area contributed by atoms with Crippen molar-refractivity contribution in [3.8, 4) is 0 Å². The third kappa shape index (κ3) is 4.19. The largest absolute Gasteiger partial charge is 0.469 e. The van der Waals surface area contributed by atoms with Crippen LogP contribution in [0.5, 0.6) is 0 Å². The van der Waals surface area contributed by atoms with Gasteiger partial charge in [-0.15, -0.1) is 11.6 Å². The minimum Gasteiger partial charge on any atom is -0.469 e. The molecule has 1 aromatic rings. The number of carbonyl (C=O) groups is 2. The summed E-state index contributed by atoms with van der Waals surface area (Å²) in [5.41, 5.74) is 2.82. The lowest BCUT2D eigenvalue weighted by Gasteiger charge is -2.07. The van der Waals surface area contributed by atoms with Gasteiger partial charge in [0.15, 0.2) is 5.78 Å². The van der Waals surface area contributed by atoms with Crippen molar-refractivity contribution in [1.82, 2.24) is 0 Å². The van der Waals surface area contributed by atoms with E-state index in [2.05, 4.69) is 4.74 Å². The second-order valence-corrected chi connectivity index (χ2v) is 4.13. The van der Waals surface area contributed by atoms with Crippen molar-refractivity contribution in [3.63, 3.8) is 0 Å². The Labute approximate surface area is 106 Å². The minimum atomic E-state index is -0.269. The lowest BCUT2D eigenvalue weighted by Crippen LogP contribution is -2.07. The molecule has 4 heteroatoms. The van der Waals surface area contributed by atoms with Gasteiger partial charge >= 0.3 is 5.97 Å². The molecule has 0 radical (unpaired) electrons. The maximum absolute atomic E-state index is 11.2. The van der Waals surface area contributed by atoms with E-state index in [1.165, 1.54) is 7.11 Å². The Balaban J connectivity index is 2.79. The fourth-order valence-corrected chi connectivity index (χ4v) is 1.66. The van der Waals surface area contributed by atoms with E-state index in [0.29, 0.717) is 6.42 Å². The van der Waals surface area contributed by atoms with Crippen LogP contribution in [-0.2, 0) is 27.2 Å². The monoisotopic (exact) mass is 254 g/mol. The summed E-state index contributed by atoms with van der Waals surface area (Å²) in [6.07, 6.45) is 0.592. The quantitative estimate of drug-likeness (QED) is 0.597. The number of methoxy groups -OCH3 is 1. The van der Waals surface area contributed by atoms with Crippen molar-refractivity contribution in [2.75, 3.05) is 13.0 Å². The molecule has 0 N–H and O–H groups in total. The Morgan fingerprint density at radius 1 is 1.29 bits per heavy atom. The predicted octanol–water partition coefficient (Wildman–Crippen LogP) is 2.06. The topological polar surface area (TPSA) is 43.4 Å². The lowest BCUT2D eigenvalue weighted by atomic mass is 10.00. The molecule has 17 heavy (non-hydrogen) atoms. The van der Waals surface area contributed by atoms with Crippen LogP contribution in [0.15, 0.2) is 18.2 Å². The summed E-state index contributed by atoms with van der Waals surface area (Å²) in [7, 11) is 1.36. The molecular weight excluding hydrogens is 240 g/mol. The first-order chi connectivity index (χ1) is 8.06. The van der Waals surface area contributed by atoms with Gasteiger partial charge in [-0.05, 0) is 23.6 Å². The molecule has 0 amide bonds. The van der Waals surface area contributed by atoms with Crippen LogP contribution >= 0.6 is 11.6 Å². The van der Waals surface area contributed by atoms with Gasteiger partial charge in [0.05, 0.1) is 19.4 Å². The second-order valence-electron chi connectivity index (χ2n) is 3.86. The number of hydrogen-bond acceptors (Lipinski definition) is 3. The van der Waals surface area contributed by atoms with E-state index in [4.69, 9.17) is 11.6 Å². The van der Waals surface area contributed by atoms with Crippen molar-refractivity contribution in [3.05, 3.63) is 34.9 Å². The molecule has 0 spiro atoms. The first kappa shape index (κ1) is 13.7. The summed E-state index contributed by atoms with van der Waals surface area (Å²) in [6, 6.07) is 5.59. The van der Waals surface area contributed by atoms with Crippen molar-refractivity contribution in [2.24, 2.45) is 0 Å². The van der Waals surface area contributed by atoms with E-state index in [-0.39, 0.29) is 24.1 Å². The van der Waals surface area contributed by atoms with Crippen molar-refractivity contribution in [2.45, 2.75) is 19.8 Å². The van der Waals surface area contributed by atoms with Crippen molar-refractivity contribution in [1.29, 1.82) is 0 Å². The molecule has 0 bridgehead atoms. The SMILES string of the molecule is COC(=O)Cc1ccc(CC(=O)CCl)c(C)c1. The number of esters is 1. The normalized spacial score (nSPS) is 10.1. The molecule has 92 valence electrons. The number of ether oxygens (including phenoxy) is 1. The Hall–Kier alpha value is -1.35. The zero-order valence-corrected chi connectivity index (χ0v) is 10.7. The molecule has 0 saturated heterocycles. The standard InChI is InChI=1S/C13H15ClO3/c1-9-5-10(6-13(16)17-2)3-4-11(9)7-12(15)8-14/h3-5H,6-8H2,1-2H3. The van der Waals surface area contributed by atoms with Crippen LogP contribution in [0.3, 0.4) is 0 Å². The van der Waals surface area contributed by atoms with Gasteiger partial charge < -0.3 is 4.74 Å². The van der Waals surface area contributed by atoms with E-state index in [9.17, 15) is 9.59 Å². The number of aryl methyl sites for hydroxylation is 1. The third-order valence-electron chi connectivity index (χ3n) is 2.52. The molecule has 0 unspecified atom stereocenters. The highest BCUT2D eigenvalue weighted by atomic mass is 35.5. The third-order valence-corrected chi connectivity index (χ3v) is 2.82. The Kier molecular flexibility index (Phi) is 5.16. The lowest BCUT2D eigenvalue weighted by molar-refractivity contribution is -0.139. The van der Waals surface area contributed by atoms with Crippen molar-refractivity contribution >= 4 is 23.4 Å².